The maximum Gasteiger partial charge on any atom is 0.123 e. The Morgan fingerprint density at radius 3 is 3.06 bits per heavy atom. The first-order valence-electron chi connectivity index (χ1n) is 6.12. The third-order valence-corrected chi connectivity index (χ3v) is 5.11. The number of nitrogens with two attached hydrogens (primary N) is 1. The van der Waals surface area contributed by atoms with Crippen molar-refractivity contribution in [3.63, 3.8) is 0 Å². The van der Waals surface area contributed by atoms with Crippen LogP contribution in [0.4, 0.5) is 4.39 Å². The molecule has 1 heterocycles. The third-order valence-electron chi connectivity index (χ3n) is 3.25. The number of nitrogens with zero attached hydrogens (tertiary/aromatic N) is 1. The highest BCUT2D eigenvalue weighted by atomic mass is 79.9. The van der Waals surface area contributed by atoms with E-state index in [2.05, 4.69) is 27.8 Å². The lowest BCUT2D eigenvalue weighted by atomic mass is 10.0. The zero-order chi connectivity index (χ0) is 13.1. The Morgan fingerprint density at radius 1 is 1.61 bits per heavy atom. The van der Waals surface area contributed by atoms with Crippen molar-refractivity contribution in [3.05, 3.63) is 34.1 Å². The van der Waals surface area contributed by atoms with Crippen LogP contribution in [-0.2, 0) is 0 Å². The molecule has 2 rings (SSSR count). The average Bonchev–Trinajstić information content (AvgIpc) is 2.35. The SMILES string of the molecule is CC1CN(C(CN)c2cc(F)ccc2Br)CCS1. The van der Waals surface area contributed by atoms with Gasteiger partial charge in [0.2, 0.25) is 0 Å². The van der Waals surface area contributed by atoms with E-state index in [0.29, 0.717) is 11.8 Å². The van der Waals surface area contributed by atoms with Crippen molar-refractivity contribution in [2.75, 3.05) is 25.4 Å². The van der Waals surface area contributed by atoms with Crippen LogP contribution >= 0.6 is 27.7 Å². The van der Waals surface area contributed by atoms with Gasteiger partial charge in [-0.25, -0.2) is 4.39 Å². The van der Waals surface area contributed by atoms with Gasteiger partial charge in [-0.1, -0.05) is 22.9 Å². The van der Waals surface area contributed by atoms with Gasteiger partial charge >= 0.3 is 0 Å². The summed E-state index contributed by atoms with van der Waals surface area (Å²) >= 11 is 5.48. The first-order valence-corrected chi connectivity index (χ1v) is 7.96. The number of rotatable bonds is 3. The fourth-order valence-corrected chi connectivity index (χ4v) is 3.92. The lowest BCUT2D eigenvalue weighted by molar-refractivity contribution is 0.210. The second-order valence-corrected chi connectivity index (χ2v) is 6.99. The molecule has 0 bridgehead atoms. The van der Waals surface area contributed by atoms with Gasteiger partial charge in [0.1, 0.15) is 5.82 Å². The molecule has 0 aromatic heterocycles. The van der Waals surface area contributed by atoms with E-state index < -0.39 is 0 Å². The van der Waals surface area contributed by atoms with Crippen molar-refractivity contribution in [3.8, 4) is 0 Å². The predicted molar refractivity (Wildman–Crippen MR) is 79.4 cm³/mol. The van der Waals surface area contributed by atoms with Crippen LogP contribution in [0.3, 0.4) is 0 Å². The van der Waals surface area contributed by atoms with Gasteiger partial charge in [-0.05, 0) is 23.8 Å². The van der Waals surface area contributed by atoms with Gasteiger partial charge in [0.15, 0.2) is 0 Å². The number of halogens is 2. The lowest BCUT2D eigenvalue weighted by Crippen LogP contribution is -2.42. The van der Waals surface area contributed by atoms with Crippen LogP contribution in [0.2, 0.25) is 0 Å². The molecule has 1 aliphatic rings. The average molecular weight is 333 g/mol. The van der Waals surface area contributed by atoms with Crippen LogP contribution in [-0.4, -0.2) is 35.5 Å². The monoisotopic (exact) mass is 332 g/mol. The van der Waals surface area contributed by atoms with E-state index in [0.717, 1.165) is 28.9 Å². The van der Waals surface area contributed by atoms with E-state index in [1.54, 1.807) is 12.1 Å². The second-order valence-electron chi connectivity index (χ2n) is 4.59. The molecule has 1 aromatic rings. The molecule has 0 aliphatic carbocycles. The first-order chi connectivity index (χ1) is 8.61. The summed E-state index contributed by atoms with van der Waals surface area (Å²) in [6.45, 7) is 4.76. The molecule has 1 fully saturated rings. The summed E-state index contributed by atoms with van der Waals surface area (Å²) in [6, 6.07) is 4.91. The van der Waals surface area contributed by atoms with Crippen LogP contribution < -0.4 is 5.73 Å². The van der Waals surface area contributed by atoms with E-state index >= 15 is 0 Å². The van der Waals surface area contributed by atoms with Gasteiger partial charge in [0.05, 0.1) is 0 Å². The van der Waals surface area contributed by atoms with Gasteiger partial charge in [0, 0.05) is 41.2 Å². The summed E-state index contributed by atoms with van der Waals surface area (Å²) in [4.78, 5) is 2.36. The van der Waals surface area contributed by atoms with E-state index in [-0.39, 0.29) is 11.9 Å². The van der Waals surface area contributed by atoms with E-state index in [9.17, 15) is 4.39 Å². The zero-order valence-corrected chi connectivity index (χ0v) is 12.8. The topological polar surface area (TPSA) is 29.3 Å². The lowest BCUT2D eigenvalue weighted by Gasteiger charge is -2.37. The molecule has 1 aromatic carbocycles. The van der Waals surface area contributed by atoms with Crippen LogP contribution in [0, 0.1) is 5.82 Å². The number of hydrogen-bond donors (Lipinski definition) is 1. The summed E-state index contributed by atoms with van der Waals surface area (Å²) in [5.41, 5.74) is 6.86. The minimum atomic E-state index is -0.203. The minimum absolute atomic E-state index is 0.0958. The molecule has 1 saturated heterocycles. The Labute approximate surface area is 120 Å². The van der Waals surface area contributed by atoms with Crippen molar-refractivity contribution in [1.82, 2.24) is 4.90 Å². The second kappa shape index (κ2) is 6.37. The molecule has 18 heavy (non-hydrogen) atoms. The Kier molecular flexibility index (Phi) is 5.06. The molecular weight excluding hydrogens is 315 g/mol. The Bertz CT molecular complexity index is 416. The standard InChI is InChI=1S/C13H18BrFN2S/c1-9-8-17(4-5-18-9)13(7-16)11-6-10(15)2-3-12(11)14/h2-3,6,9,13H,4-5,7-8,16H2,1H3. The summed E-state index contributed by atoms with van der Waals surface area (Å²) in [5, 5.41) is 0.611. The molecule has 2 N–H and O–H groups in total. The Hall–Kier alpha value is -0.100. The molecule has 2 nitrogen and oxygen atoms in total. The highest BCUT2D eigenvalue weighted by Crippen LogP contribution is 2.31. The minimum Gasteiger partial charge on any atom is -0.329 e. The molecular formula is C13H18BrFN2S. The van der Waals surface area contributed by atoms with Gasteiger partial charge in [-0.15, -0.1) is 0 Å². The van der Waals surface area contributed by atoms with Crippen molar-refractivity contribution in [1.29, 1.82) is 0 Å². The molecule has 1 aliphatic heterocycles. The normalized spacial score (nSPS) is 23.0. The highest BCUT2D eigenvalue weighted by molar-refractivity contribution is 9.10. The summed E-state index contributed by atoms with van der Waals surface area (Å²) < 4.78 is 14.3. The predicted octanol–water partition coefficient (Wildman–Crippen LogP) is 3.03. The maximum absolute atomic E-state index is 13.4. The van der Waals surface area contributed by atoms with Gasteiger partial charge in [-0.2, -0.15) is 11.8 Å². The van der Waals surface area contributed by atoms with E-state index in [1.165, 1.54) is 6.07 Å². The van der Waals surface area contributed by atoms with Crippen molar-refractivity contribution < 1.29 is 4.39 Å². The highest BCUT2D eigenvalue weighted by Gasteiger charge is 2.26. The Balaban J connectivity index is 2.24. The van der Waals surface area contributed by atoms with Crippen molar-refractivity contribution >= 4 is 27.7 Å². The molecule has 0 amide bonds. The molecule has 2 unspecified atom stereocenters. The summed E-state index contributed by atoms with van der Waals surface area (Å²) in [5.74, 6) is 0.913. The van der Waals surface area contributed by atoms with Crippen LogP contribution in [0.5, 0.6) is 0 Å². The quantitative estimate of drug-likeness (QED) is 0.922. The van der Waals surface area contributed by atoms with Crippen LogP contribution in [0.15, 0.2) is 22.7 Å². The number of benzene rings is 1. The largest absolute Gasteiger partial charge is 0.329 e. The third kappa shape index (κ3) is 3.26. The molecule has 0 radical (unpaired) electrons. The van der Waals surface area contributed by atoms with Crippen LogP contribution in [0.1, 0.15) is 18.5 Å². The van der Waals surface area contributed by atoms with E-state index in [1.807, 2.05) is 11.8 Å². The number of thioether (sulfide) groups is 1. The molecule has 0 spiro atoms. The Morgan fingerprint density at radius 2 is 2.39 bits per heavy atom. The van der Waals surface area contributed by atoms with Crippen molar-refractivity contribution in [2.24, 2.45) is 5.73 Å². The molecule has 100 valence electrons. The fraction of sp³-hybridized carbons (Fsp3) is 0.538. The van der Waals surface area contributed by atoms with E-state index in [4.69, 9.17) is 5.73 Å². The molecule has 5 heteroatoms. The smallest absolute Gasteiger partial charge is 0.123 e. The van der Waals surface area contributed by atoms with Gasteiger partial charge in [-0.3, -0.25) is 4.90 Å². The van der Waals surface area contributed by atoms with Crippen LogP contribution in [0.25, 0.3) is 0 Å². The fourth-order valence-electron chi connectivity index (χ4n) is 2.37. The maximum atomic E-state index is 13.4. The van der Waals surface area contributed by atoms with Gasteiger partial charge < -0.3 is 5.73 Å². The molecule has 2 atom stereocenters. The van der Waals surface area contributed by atoms with Gasteiger partial charge in [0.25, 0.3) is 0 Å². The number of hydrogen-bond acceptors (Lipinski definition) is 3. The van der Waals surface area contributed by atoms with Crippen molar-refractivity contribution in [2.45, 2.75) is 18.2 Å². The summed E-state index contributed by atoms with van der Waals surface area (Å²) in [7, 11) is 0. The zero-order valence-electron chi connectivity index (χ0n) is 10.4. The molecule has 0 saturated carbocycles. The first kappa shape index (κ1) is 14.3. The summed E-state index contributed by atoms with van der Waals surface area (Å²) in [6.07, 6.45) is 0.